The number of fused-ring (bicyclic) bond motifs is 2. The zero-order chi connectivity index (χ0) is 21.1. The standard InChI is InChI=1S/C22H25N3O3S2/c1-2-3-16(22(28)25-9-6-18-15(13-25)7-10-29-18)24-21(27)14-4-5-19-17(12-14)23-20(26)8-11-30-19/h4-5,7,10,12,16H,2-3,6,8-9,11,13H2,1H3,(H,23,26)(H,24,27). The number of thioether (sulfide) groups is 1. The lowest BCUT2D eigenvalue weighted by Crippen LogP contribution is -2.49. The molecule has 0 radical (unpaired) electrons. The van der Waals surface area contributed by atoms with Crippen molar-refractivity contribution in [2.24, 2.45) is 0 Å². The van der Waals surface area contributed by atoms with Crippen molar-refractivity contribution < 1.29 is 14.4 Å². The van der Waals surface area contributed by atoms with Gasteiger partial charge in [-0.25, -0.2) is 0 Å². The van der Waals surface area contributed by atoms with Gasteiger partial charge in [0.2, 0.25) is 11.8 Å². The molecule has 2 aliphatic rings. The molecule has 1 aromatic carbocycles. The maximum absolute atomic E-state index is 13.2. The summed E-state index contributed by atoms with van der Waals surface area (Å²) in [6.07, 6.45) is 2.71. The fourth-order valence-electron chi connectivity index (χ4n) is 3.81. The number of anilines is 1. The summed E-state index contributed by atoms with van der Waals surface area (Å²) >= 11 is 3.34. The van der Waals surface area contributed by atoms with Crippen LogP contribution in [0.1, 0.15) is 47.0 Å². The summed E-state index contributed by atoms with van der Waals surface area (Å²) in [5.74, 6) is 0.358. The summed E-state index contributed by atoms with van der Waals surface area (Å²) < 4.78 is 0. The minimum Gasteiger partial charge on any atom is -0.340 e. The highest BCUT2D eigenvalue weighted by atomic mass is 32.2. The first kappa shape index (κ1) is 20.9. The maximum atomic E-state index is 13.2. The Kier molecular flexibility index (Phi) is 6.43. The number of hydrogen-bond donors (Lipinski definition) is 2. The van der Waals surface area contributed by atoms with Crippen LogP contribution in [0.3, 0.4) is 0 Å². The van der Waals surface area contributed by atoms with Crippen LogP contribution in [0.15, 0.2) is 34.5 Å². The molecule has 3 amide bonds. The number of hydrogen-bond acceptors (Lipinski definition) is 5. The number of carbonyl (C=O) groups is 3. The van der Waals surface area contributed by atoms with Gasteiger partial charge >= 0.3 is 0 Å². The van der Waals surface area contributed by atoms with Crippen molar-refractivity contribution in [3.8, 4) is 0 Å². The molecule has 1 atom stereocenters. The quantitative estimate of drug-likeness (QED) is 0.739. The molecule has 6 nitrogen and oxygen atoms in total. The molecule has 2 N–H and O–H groups in total. The number of rotatable bonds is 5. The van der Waals surface area contributed by atoms with Crippen molar-refractivity contribution in [3.63, 3.8) is 0 Å². The minimum absolute atomic E-state index is 0.0272. The molecule has 30 heavy (non-hydrogen) atoms. The van der Waals surface area contributed by atoms with Gasteiger partial charge in [0.15, 0.2) is 0 Å². The van der Waals surface area contributed by atoms with Gasteiger partial charge in [-0.05, 0) is 48.1 Å². The highest BCUT2D eigenvalue weighted by Gasteiger charge is 2.29. The number of amides is 3. The third kappa shape index (κ3) is 4.54. The van der Waals surface area contributed by atoms with Gasteiger partial charge in [0, 0.05) is 40.6 Å². The van der Waals surface area contributed by atoms with Crippen LogP contribution >= 0.6 is 23.1 Å². The summed E-state index contributed by atoms with van der Waals surface area (Å²) in [5, 5.41) is 7.87. The Balaban J connectivity index is 1.47. The van der Waals surface area contributed by atoms with Gasteiger partial charge in [-0.3, -0.25) is 14.4 Å². The number of nitrogens with zero attached hydrogens (tertiary/aromatic N) is 1. The van der Waals surface area contributed by atoms with E-state index in [-0.39, 0.29) is 17.7 Å². The molecule has 8 heteroatoms. The predicted molar refractivity (Wildman–Crippen MR) is 120 cm³/mol. The predicted octanol–water partition coefficient (Wildman–Crippen LogP) is 3.67. The summed E-state index contributed by atoms with van der Waals surface area (Å²) in [7, 11) is 0. The summed E-state index contributed by atoms with van der Waals surface area (Å²) in [6.45, 7) is 3.30. The van der Waals surface area contributed by atoms with Gasteiger partial charge in [0.1, 0.15) is 6.04 Å². The number of thiophene rings is 1. The van der Waals surface area contributed by atoms with E-state index in [1.165, 1.54) is 10.4 Å². The monoisotopic (exact) mass is 443 g/mol. The molecule has 0 saturated heterocycles. The van der Waals surface area contributed by atoms with E-state index >= 15 is 0 Å². The molecule has 0 aliphatic carbocycles. The number of benzene rings is 1. The van der Waals surface area contributed by atoms with Crippen molar-refractivity contribution in [1.29, 1.82) is 0 Å². The van der Waals surface area contributed by atoms with Crippen LogP contribution in [-0.4, -0.2) is 41.0 Å². The molecule has 158 valence electrons. The zero-order valence-electron chi connectivity index (χ0n) is 16.9. The highest BCUT2D eigenvalue weighted by molar-refractivity contribution is 7.99. The van der Waals surface area contributed by atoms with Crippen LogP contribution in [0.2, 0.25) is 0 Å². The smallest absolute Gasteiger partial charge is 0.252 e. The first-order valence-electron chi connectivity index (χ1n) is 10.3. The van der Waals surface area contributed by atoms with Crippen LogP contribution in [0, 0.1) is 0 Å². The van der Waals surface area contributed by atoms with Crippen LogP contribution < -0.4 is 10.6 Å². The van der Waals surface area contributed by atoms with Crippen molar-refractivity contribution in [1.82, 2.24) is 10.2 Å². The summed E-state index contributed by atoms with van der Waals surface area (Å²) in [4.78, 5) is 42.1. The molecule has 1 unspecified atom stereocenters. The van der Waals surface area contributed by atoms with Crippen molar-refractivity contribution >= 4 is 46.5 Å². The normalized spacial score (nSPS) is 16.7. The van der Waals surface area contributed by atoms with Gasteiger partial charge in [-0.2, -0.15) is 0 Å². The van der Waals surface area contributed by atoms with Gasteiger partial charge in [0.05, 0.1) is 5.69 Å². The molecular weight excluding hydrogens is 418 g/mol. The second-order valence-electron chi connectivity index (χ2n) is 7.55. The molecule has 3 heterocycles. The number of nitrogens with one attached hydrogen (secondary N) is 2. The van der Waals surface area contributed by atoms with E-state index in [9.17, 15) is 14.4 Å². The molecule has 2 aliphatic heterocycles. The Hall–Kier alpha value is -2.32. The van der Waals surface area contributed by atoms with E-state index in [0.29, 0.717) is 37.2 Å². The third-order valence-electron chi connectivity index (χ3n) is 5.40. The Labute approximate surface area is 184 Å². The minimum atomic E-state index is -0.550. The molecule has 1 aromatic heterocycles. The second-order valence-corrected chi connectivity index (χ2v) is 9.69. The van der Waals surface area contributed by atoms with Gasteiger partial charge in [-0.1, -0.05) is 13.3 Å². The Morgan fingerprint density at radius 3 is 2.97 bits per heavy atom. The van der Waals surface area contributed by atoms with Crippen molar-refractivity contribution in [2.75, 3.05) is 17.6 Å². The fourth-order valence-corrected chi connectivity index (χ4v) is 5.63. The molecule has 0 fully saturated rings. The van der Waals surface area contributed by atoms with Gasteiger partial charge in [0.25, 0.3) is 5.91 Å². The first-order valence-corrected chi connectivity index (χ1v) is 12.1. The van der Waals surface area contributed by atoms with Crippen molar-refractivity contribution in [2.45, 2.75) is 50.1 Å². The fraction of sp³-hybridized carbons (Fsp3) is 0.409. The van der Waals surface area contributed by atoms with E-state index in [1.54, 1.807) is 35.2 Å². The van der Waals surface area contributed by atoms with E-state index < -0.39 is 6.04 Å². The van der Waals surface area contributed by atoms with Crippen LogP contribution in [0.5, 0.6) is 0 Å². The lowest BCUT2D eigenvalue weighted by Gasteiger charge is -2.31. The third-order valence-corrected chi connectivity index (χ3v) is 7.50. The van der Waals surface area contributed by atoms with Gasteiger partial charge < -0.3 is 15.5 Å². The Morgan fingerprint density at radius 1 is 1.27 bits per heavy atom. The molecular formula is C22H25N3O3S2. The van der Waals surface area contributed by atoms with E-state index in [4.69, 9.17) is 0 Å². The zero-order valence-corrected chi connectivity index (χ0v) is 18.5. The van der Waals surface area contributed by atoms with E-state index in [2.05, 4.69) is 22.1 Å². The topological polar surface area (TPSA) is 78.5 Å². The highest BCUT2D eigenvalue weighted by Crippen LogP contribution is 2.31. The first-order chi connectivity index (χ1) is 14.5. The summed E-state index contributed by atoms with van der Waals surface area (Å²) in [5.41, 5.74) is 2.32. The van der Waals surface area contributed by atoms with E-state index in [0.717, 1.165) is 23.5 Å². The largest absolute Gasteiger partial charge is 0.340 e. The molecule has 0 saturated carbocycles. The van der Waals surface area contributed by atoms with Crippen LogP contribution in [0.25, 0.3) is 0 Å². The second kappa shape index (κ2) is 9.22. The number of carbonyl (C=O) groups excluding carboxylic acids is 3. The molecule has 4 rings (SSSR count). The average molecular weight is 444 g/mol. The van der Waals surface area contributed by atoms with Crippen molar-refractivity contribution in [3.05, 3.63) is 45.6 Å². The maximum Gasteiger partial charge on any atom is 0.252 e. The Morgan fingerprint density at radius 2 is 2.13 bits per heavy atom. The molecule has 0 spiro atoms. The molecule has 0 bridgehead atoms. The van der Waals surface area contributed by atoms with Crippen LogP contribution in [0.4, 0.5) is 5.69 Å². The van der Waals surface area contributed by atoms with Gasteiger partial charge in [-0.15, -0.1) is 23.1 Å². The van der Waals surface area contributed by atoms with E-state index in [1.807, 2.05) is 17.9 Å². The lowest BCUT2D eigenvalue weighted by molar-refractivity contribution is -0.134. The average Bonchev–Trinajstić information content (AvgIpc) is 3.13. The Bertz CT molecular complexity index is 972. The lowest BCUT2D eigenvalue weighted by atomic mass is 10.1. The summed E-state index contributed by atoms with van der Waals surface area (Å²) in [6, 6.07) is 6.84. The SMILES string of the molecule is CCCC(NC(=O)c1ccc2c(c1)NC(=O)CCS2)C(=O)N1CCc2sccc2C1. The van der Waals surface area contributed by atoms with Crippen LogP contribution in [-0.2, 0) is 22.6 Å². The molecule has 2 aromatic rings.